The van der Waals surface area contributed by atoms with Crippen LogP contribution in [0.1, 0.15) is 33.8 Å². The summed E-state index contributed by atoms with van der Waals surface area (Å²) in [6, 6.07) is 32.4. The van der Waals surface area contributed by atoms with E-state index in [9.17, 15) is 0 Å². The summed E-state index contributed by atoms with van der Waals surface area (Å²) < 4.78 is 16.7. The van der Waals surface area contributed by atoms with Gasteiger partial charge in [-0.25, -0.2) is 0 Å². The number of aromatic nitrogens is 6. The first-order chi connectivity index (χ1) is 23.5. The van der Waals surface area contributed by atoms with Crippen LogP contribution in [-0.4, -0.2) is 19.2 Å². The normalized spacial score (nSPS) is 16.2. The van der Waals surface area contributed by atoms with Gasteiger partial charge in [-0.1, -0.05) is 28.9 Å². The molecule has 0 N–H and O–H groups in total. The number of ether oxygens (including phenoxy) is 1. The van der Waals surface area contributed by atoms with Gasteiger partial charge in [0, 0.05) is 53.0 Å². The largest absolute Gasteiger partial charge is 0.456 e. The monoisotopic (exact) mass is 622 g/mol. The molecular formula is C41H30N6O+2. The Bertz CT molecular complexity index is 2730. The first kappa shape index (κ1) is 26.0. The van der Waals surface area contributed by atoms with Gasteiger partial charge in [-0.05, 0) is 87.0 Å². The Hall–Kier alpha value is -6.08. The molecule has 0 amide bonds. The second-order valence-corrected chi connectivity index (χ2v) is 13.2. The fourth-order valence-electron chi connectivity index (χ4n) is 9.20. The van der Waals surface area contributed by atoms with Gasteiger partial charge in [0.25, 0.3) is 5.82 Å². The predicted molar refractivity (Wildman–Crippen MR) is 184 cm³/mol. The molecule has 0 saturated carbocycles. The summed E-state index contributed by atoms with van der Waals surface area (Å²) in [5, 5.41) is 2.46. The standard InChI is InChI=1S/C41H30N6O/c1-23-21-30(27-11-10-19-42-22-27)43-24(2)36(23)37-25(3)46-32-14-9-15-33-38(32)41(47(46)26(37)4)39-34(48-33)18-17-29-28-12-5-6-13-31(28)45(40(29)39)35-16-7-8-20-44(35)41/h5-22H,1-4H3/q+2. The molecule has 48 heavy (non-hydrogen) atoms. The average molecular weight is 623 g/mol. The number of pyridine rings is 3. The van der Waals surface area contributed by atoms with Crippen molar-refractivity contribution < 1.29 is 14.0 Å². The van der Waals surface area contributed by atoms with Crippen LogP contribution in [0.15, 0.2) is 110 Å². The predicted octanol–water partition coefficient (Wildman–Crippen LogP) is 7.54. The van der Waals surface area contributed by atoms with Crippen molar-refractivity contribution in [2.45, 2.75) is 33.4 Å². The number of hydrogen-bond acceptors (Lipinski definition) is 3. The second-order valence-electron chi connectivity index (χ2n) is 13.2. The molecule has 1 atom stereocenters. The lowest BCUT2D eigenvalue weighted by Crippen LogP contribution is -2.77. The Morgan fingerprint density at radius 3 is 2.48 bits per heavy atom. The number of para-hydroxylation sites is 1. The van der Waals surface area contributed by atoms with Crippen LogP contribution < -0.4 is 14.0 Å². The Morgan fingerprint density at radius 2 is 1.62 bits per heavy atom. The third-order valence-corrected chi connectivity index (χ3v) is 10.8. The van der Waals surface area contributed by atoms with Crippen LogP contribution in [0.2, 0.25) is 0 Å². The Balaban J connectivity index is 1.30. The van der Waals surface area contributed by atoms with Gasteiger partial charge in [-0.15, -0.1) is 4.68 Å². The summed E-state index contributed by atoms with van der Waals surface area (Å²) in [5.74, 6) is 2.89. The molecule has 5 aromatic heterocycles. The maximum absolute atomic E-state index is 6.86. The molecular weight excluding hydrogens is 592 g/mol. The molecule has 3 aliphatic rings. The van der Waals surface area contributed by atoms with Gasteiger partial charge in [-0.2, -0.15) is 9.13 Å². The van der Waals surface area contributed by atoms with Crippen LogP contribution >= 0.6 is 0 Å². The van der Waals surface area contributed by atoms with Crippen LogP contribution in [0.4, 0.5) is 0 Å². The van der Waals surface area contributed by atoms with E-state index in [1.54, 1.807) is 6.20 Å². The Kier molecular flexibility index (Phi) is 4.68. The molecule has 1 unspecified atom stereocenters. The van der Waals surface area contributed by atoms with Gasteiger partial charge >= 0.3 is 5.66 Å². The van der Waals surface area contributed by atoms with Gasteiger partial charge in [-0.3, -0.25) is 9.97 Å². The van der Waals surface area contributed by atoms with Crippen molar-refractivity contribution in [3.63, 3.8) is 0 Å². The van der Waals surface area contributed by atoms with E-state index < -0.39 is 5.66 Å². The Labute approximate surface area is 276 Å². The number of fused-ring (bicyclic) bond motifs is 7. The molecule has 0 saturated heterocycles. The second kappa shape index (κ2) is 8.63. The lowest BCUT2D eigenvalue weighted by molar-refractivity contribution is -0.995. The highest BCUT2D eigenvalue weighted by Gasteiger charge is 2.70. The molecule has 0 aliphatic carbocycles. The molecule has 8 aromatic rings. The Morgan fingerprint density at radius 1 is 0.771 bits per heavy atom. The van der Waals surface area contributed by atoms with E-state index in [4.69, 9.17) is 9.72 Å². The van der Waals surface area contributed by atoms with Gasteiger partial charge in [0.05, 0.1) is 23.1 Å². The fraction of sp³-hybridized carbons (Fsp3) is 0.122. The number of benzene rings is 3. The van der Waals surface area contributed by atoms with E-state index in [1.807, 2.05) is 12.3 Å². The number of hydrogen-bond donors (Lipinski definition) is 0. The zero-order valence-electron chi connectivity index (χ0n) is 27.0. The minimum absolute atomic E-state index is 0.724. The SMILES string of the molecule is Cc1cc(-c2cccnc2)nc(C)c1-c1c(C)n2[n+](c1C)C13c4c(cccc4-2)Oc2ccc4c5ccccc5n(c4c21)-c1cccc[n+]13. The third-order valence-electron chi connectivity index (χ3n) is 10.8. The quantitative estimate of drug-likeness (QED) is 0.187. The molecule has 0 bridgehead atoms. The summed E-state index contributed by atoms with van der Waals surface area (Å²) in [4.78, 5) is 9.50. The highest BCUT2D eigenvalue weighted by atomic mass is 16.5. The van der Waals surface area contributed by atoms with Crippen LogP contribution in [0.25, 0.3) is 55.7 Å². The van der Waals surface area contributed by atoms with E-state index in [2.05, 4.69) is 142 Å². The smallest absolute Gasteiger partial charge is 0.397 e. The summed E-state index contributed by atoms with van der Waals surface area (Å²) in [5.41, 5.74) is 14.0. The lowest BCUT2D eigenvalue weighted by Gasteiger charge is -2.33. The minimum atomic E-state index is -0.724. The highest BCUT2D eigenvalue weighted by molar-refractivity contribution is 6.11. The summed E-state index contributed by atoms with van der Waals surface area (Å²) in [7, 11) is 0. The van der Waals surface area contributed by atoms with Crippen molar-refractivity contribution in [2.75, 3.05) is 0 Å². The molecule has 0 radical (unpaired) electrons. The van der Waals surface area contributed by atoms with E-state index in [0.717, 1.165) is 51.1 Å². The topological polar surface area (TPSA) is 52.6 Å². The number of rotatable bonds is 2. The van der Waals surface area contributed by atoms with E-state index in [0.29, 0.717) is 0 Å². The van der Waals surface area contributed by atoms with Crippen molar-refractivity contribution in [3.05, 3.63) is 143 Å². The molecule has 11 rings (SSSR count). The van der Waals surface area contributed by atoms with Gasteiger partial charge in [0.15, 0.2) is 11.1 Å². The number of aryl methyl sites for hydroxylation is 2. The van der Waals surface area contributed by atoms with Crippen LogP contribution in [0.3, 0.4) is 0 Å². The zero-order chi connectivity index (χ0) is 32.1. The maximum atomic E-state index is 6.86. The van der Waals surface area contributed by atoms with Crippen LogP contribution in [0, 0.1) is 27.7 Å². The molecule has 0 fully saturated rings. The van der Waals surface area contributed by atoms with Gasteiger partial charge in [0.2, 0.25) is 5.69 Å². The average Bonchev–Trinajstić information content (AvgIpc) is 3.71. The van der Waals surface area contributed by atoms with E-state index >= 15 is 0 Å². The lowest BCUT2D eigenvalue weighted by atomic mass is 9.83. The van der Waals surface area contributed by atoms with Crippen LogP contribution in [0.5, 0.6) is 11.5 Å². The third kappa shape index (κ3) is 2.80. The molecule has 7 heteroatoms. The maximum Gasteiger partial charge on any atom is 0.397 e. The van der Waals surface area contributed by atoms with Crippen molar-refractivity contribution in [3.8, 4) is 45.4 Å². The summed E-state index contributed by atoms with van der Waals surface area (Å²) in [6.07, 6.45) is 5.93. The van der Waals surface area contributed by atoms with Gasteiger partial charge < -0.3 is 4.74 Å². The highest BCUT2D eigenvalue weighted by Crippen LogP contribution is 2.56. The van der Waals surface area contributed by atoms with E-state index in [1.165, 1.54) is 49.9 Å². The first-order valence-electron chi connectivity index (χ1n) is 16.4. The summed E-state index contributed by atoms with van der Waals surface area (Å²) >= 11 is 0. The molecule has 7 nitrogen and oxygen atoms in total. The minimum Gasteiger partial charge on any atom is -0.456 e. The van der Waals surface area contributed by atoms with Gasteiger partial charge in [0.1, 0.15) is 28.3 Å². The molecule has 3 aromatic carbocycles. The molecule has 3 aliphatic heterocycles. The number of nitrogens with zero attached hydrogens (tertiary/aromatic N) is 6. The molecule has 1 spiro atoms. The fourth-order valence-corrected chi connectivity index (χ4v) is 9.20. The first-order valence-corrected chi connectivity index (χ1v) is 16.4. The van der Waals surface area contributed by atoms with Crippen LogP contribution in [-0.2, 0) is 5.66 Å². The van der Waals surface area contributed by atoms with Crippen molar-refractivity contribution in [2.24, 2.45) is 0 Å². The van der Waals surface area contributed by atoms with E-state index in [-0.39, 0.29) is 0 Å². The summed E-state index contributed by atoms with van der Waals surface area (Å²) in [6.45, 7) is 8.86. The van der Waals surface area contributed by atoms with Crippen molar-refractivity contribution in [1.82, 2.24) is 19.2 Å². The van der Waals surface area contributed by atoms with Crippen molar-refractivity contribution in [1.29, 1.82) is 0 Å². The van der Waals surface area contributed by atoms with Crippen molar-refractivity contribution >= 4 is 21.8 Å². The molecule has 228 valence electrons. The zero-order valence-corrected chi connectivity index (χ0v) is 27.0. The molecule has 8 heterocycles.